The van der Waals surface area contributed by atoms with Gasteiger partial charge in [-0.25, -0.2) is 9.78 Å². The van der Waals surface area contributed by atoms with Crippen LogP contribution in [0.5, 0.6) is 0 Å². The lowest BCUT2D eigenvalue weighted by molar-refractivity contribution is 0.0553. The van der Waals surface area contributed by atoms with Gasteiger partial charge in [0.15, 0.2) is 5.60 Å². The molecule has 2 aromatic rings. The van der Waals surface area contributed by atoms with Crippen molar-refractivity contribution in [3.8, 4) is 0 Å². The van der Waals surface area contributed by atoms with Crippen LogP contribution < -0.4 is 5.32 Å². The summed E-state index contributed by atoms with van der Waals surface area (Å²) in [6.45, 7) is 1.75. The molecule has 3 rings (SSSR count). The second-order valence-corrected chi connectivity index (χ2v) is 5.35. The molecule has 0 bridgehead atoms. The molecule has 1 N–H and O–H groups in total. The lowest BCUT2D eigenvalue weighted by atomic mass is 9.89. The van der Waals surface area contributed by atoms with Crippen LogP contribution in [-0.2, 0) is 10.3 Å². The van der Waals surface area contributed by atoms with E-state index in [4.69, 9.17) is 27.9 Å². The Kier molecular flexibility index (Phi) is 3.07. The minimum Gasteiger partial charge on any atom is -0.431 e. The minimum atomic E-state index is -1.08. The van der Waals surface area contributed by atoms with Gasteiger partial charge < -0.3 is 4.74 Å². The van der Waals surface area contributed by atoms with E-state index in [1.165, 1.54) is 0 Å². The van der Waals surface area contributed by atoms with Crippen molar-refractivity contribution < 1.29 is 9.53 Å². The number of cyclic esters (lactones) is 1. The van der Waals surface area contributed by atoms with E-state index in [1.54, 1.807) is 31.2 Å². The zero-order valence-corrected chi connectivity index (χ0v) is 12.0. The molecule has 0 saturated carbocycles. The summed E-state index contributed by atoms with van der Waals surface area (Å²) in [7, 11) is 0. The fourth-order valence-electron chi connectivity index (χ4n) is 2.30. The topological polar surface area (TPSA) is 51.2 Å². The quantitative estimate of drug-likeness (QED) is 0.803. The van der Waals surface area contributed by atoms with Crippen LogP contribution in [0.3, 0.4) is 0 Å². The Bertz CT molecular complexity index is 705. The first-order valence-electron chi connectivity index (χ1n) is 5.93. The number of hydrogen-bond donors (Lipinski definition) is 1. The summed E-state index contributed by atoms with van der Waals surface area (Å²) < 4.78 is 5.47. The number of carbonyl (C=O) groups excluding carboxylic acids is 1. The van der Waals surface area contributed by atoms with E-state index in [0.29, 0.717) is 27.1 Å². The predicted octanol–water partition coefficient (Wildman–Crippen LogP) is 4.21. The Hall–Kier alpha value is -1.78. The van der Waals surface area contributed by atoms with Crippen LogP contribution in [0.15, 0.2) is 36.4 Å². The van der Waals surface area contributed by atoms with E-state index >= 15 is 0 Å². The smallest absolute Gasteiger partial charge is 0.412 e. The molecule has 0 spiro atoms. The van der Waals surface area contributed by atoms with E-state index in [9.17, 15) is 4.79 Å². The number of halogens is 2. The molecule has 1 aliphatic heterocycles. The number of fused-ring (bicyclic) bond motifs is 1. The summed E-state index contributed by atoms with van der Waals surface area (Å²) >= 11 is 12.2. The Morgan fingerprint density at radius 3 is 2.70 bits per heavy atom. The molecule has 20 heavy (non-hydrogen) atoms. The van der Waals surface area contributed by atoms with Crippen LogP contribution >= 0.6 is 23.2 Å². The number of nitrogens with one attached hydrogen (secondary N) is 1. The van der Waals surface area contributed by atoms with Crippen LogP contribution in [-0.4, -0.2) is 11.1 Å². The molecule has 1 aliphatic rings. The normalized spacial score (nSPS) is 20.9. The number of benzene rings is 1. The van der Waals surface area contributed by atoms with Crippen LogP contribution in [0, 0.1) is 0 Å². The molecule has 1 atom stereocenters. The number of hydrogen-bond acceptors (Lipinski definition) is 3. The molecular formula is C14H10Cl2N2O2. The number of carbonyl (C=O) groups is 1. The van der Waals surface area contributed by atoms with Crippen molar-refractivity contribution in [3.63, 3.8) is 0 Å². The van der Waals surface area contributed by atoms with Crippen molar-refractivity contribution in [2.75, 3.05) is 5.32 Å². The molecule has 0 fully saturated rings. The first-order valence-corrected chi connectivity index (χ1v) is 6.68. The van der Waals surface area contributed by atoms with E-state index in [2.05, 4.69) is 10.3 Å². The number of ether oxygens (including phenoxy) is 1. The third kappa shape index (κ3) is 2.01. The first kappa shape index (κ1) is 13.2. The maximum atomic E-state index is 11.8. The highest BCUT2D eigenvalue weighted by molar-refractivity contribution is 6.31. The zero-order chi connectivity index (χ0) is 14.3. The standard InChI is InChI=1S/C14H10Cl2N2O2/c1-14(8-4-2-3-5-9(8)15)12-10(17-13(19)20-14)6-7-11(16)18-12/h2-7H,1H3,(H,17,19). The van der Waals surface area contributed by atoms with E-state index in [0.717, 1.165) is 0 Å². The van der Waals surface area contributed by atoms with Gasteiger partial charge in [-0.3, -0.25) is 5.32 Å². The van der Waals surface area contributed by atoms with E-state index in [-0.39, 0.29) is 0 Å². The molecule has 4 nitrogen and oxygen atoms in total. The van der Waals surface area contributed by atoms with Gasteiger partial charge in [-0.15, -0.1) is 0 Å². The van der Waals surface area contributed by atoms with Gasteiger partial charge in [0.1, 0.15) is 10.8 Å². The molecular weight excluding hydrogens is 299 g/mol. The van der Waals surface area contributed by atoms with Gasteiger partial charge in [-0.1, -0.05) is 41.4 Å². The van der Waals surface area contributed by atoms with Crippen molar-refractivity contribution in [2.24, 2.45) is 0 Å². The predicted molar refractivity (Wildman–Crippen MR) is 77.3 cm³/mol. The van der Waals surface area contributed by atoms with Gasteiger partial charge >= 0.3 is 6.09 Å². The number of rotatable bonds is 1. The highest BCUT2D eigenvalue weighted by Crippen LogP contribution is 2.42. The van der Waals surface area contributed by atoms with Crippen molar-refractivity contribution in [2.45, 2.75) is 12.5 Å². The third-order valence-electron chi connectivity index (χ3n) is 3.23. The van der Waals surface area contributed by atoms with Crippen LogP contribution in [0.2, 0.25) is 10.2 Å². The van der Waals surface area contributed by atoms with Crippen molar-refractivity contribution in [1.82, 2.24) is 4.98 Å². The van der Waals surface area contributed by atoms with Gasteiger partial charge in [0.2, 0.25) is 0 Å². The first-order chi connectivity index (χ1) is 9.50. The molecule has 0 radical (unpaired) electrons. The SMILES string of the molecule is CC1(c2ccccc2Cl)OC(=O)Nc2ccc(Cl)nc21. The largest absolute Gasteiger partial charge is 0.431 e. The third-order valence-corrected chi connectivity index (χ3v) is 3.77. The highest BCUT2D eigenvalue weighted by atomic mass is 35.5. The maximum absolute atomic E-state index is 11.8. The Labute approximate surface area is 125 Å². The van der Waals surface area contributed by atoms with E-state index < -0.39 is 11.7 Å². The van der Waals surface area contributed by atoms with Gasteiger partial charge in [-0.2, -0.15) is 0 Å². The average Bonchev–Trinajstić information content (AvgIpc) is 2.40. The summed E-state index contributed by atoms with van der Waals surface area (Å²) in [4.78, 5) is 16.1. The summed E-state index contributed by atoms with van der Waals surface area (Å²) in [5.41, 5.74) is 0.666. The number of nitrogens with zero attached hydrogens (tertiary/aromatic N) is 1. The number of aromatic nitrogens is 1. The van der Waals surface area contributed by atoms with Crippen LogP contribution in [0.25, 0.3) is 0 Å². The number of anilines is 1. The lowest BCUT2D eigenvalue weighted by Crippen LogP contribution is -2.39. The molecule has 6 heteroatoms. The maximum Gasteiger partial charge on any atom is 0.412 e. The second kappa shape index (κ2) is 4.65. The summed E-state index contributed by atoms with van der Waals surface area (Å²) in [5.74, 6) is 0. The average molecular weight is 309 g/mol. The van der Waals surface area contributed by atoms with Crippen molar-refractivity contribution >= 4 is 35.0 Å². The van der Waals surface area contributed by atoms with Gasteiger partial charge in [-0.05, 0) is 25.1 Å². The summed E-state index contributed by atoms with van der Waals surface area (Å²) in [5, 5.41) is 3.42. The Morgan fingerprint density at radius 2 is 1.95 bits per heavy atom. The Morgan fingerprint density at radius 1 is 1.20 bits per heavy atom. The monoisotopic (exact) mass is 308 g/mol. The fraction of sp³-hybridized carbons (Fsp3) is 0.143. The Balaban J connectivity index is 2.26. The molecule has 1 amide bonds. The van der Waals surface area contributed by atoms with E-state index in [1.807, 2.05) is 12.1 Å². The molecule has 0 aliphatic carbocycles. The molecule has 102 valence electrons. The number of pyridine rings is 1. The van der Waals surface area contributed by atoms with Crippen molar-refractivity contribution in [1.29, 1.82) is 0 Å². The molecule has 1 aromatic carbocycles. The van der Waals surface area contributed by atoms with Gasteiger partial charge in [0, 0.05) is 10.6 Å². The molecule has 0 saturated heterocycles. The van der Waals surface area contributed by atoms with Gasteiger partial charge in [0.05, 0.1) is 5.69 Å². The summed E-state index contributed by atoms with van der Waals surface area (Å²) in [6, 6.07) is 10.5. The number of amides is 1. The lowest BCUT2D eigenvalue weighted by Gasteiger charge is -2.35. The van der Waals surface area contributed by atoms with Crippen LogP contribution in [0.4, 0.5) is 10.5 Å². The minimum absolute atomic E-state index is 0.321. The van der Waals surface area contributed by atoms with Crippen molar-refractivity contribution in [3.05, 3.63) is 57.8 Å². The second-order valence-electron chi connectivity index (χ2n) is 4.56. The summed E-state index contributed by atoms with van der Waals surface area (Å²) in [6.07, 6.45) is -0.552. The van der Waals surface area contributed by atoms with Crippen LogP contribution in [0.1, 0.15) is 18.2 Å². The molecule has 2 heterocycles. The molecule has 1 aromatic heterocycles. The fourth-order valence-corrected chi connectivity index (χ4v) is 2.76. The molecule has 1 unspecified atom stereocenters. The van der Waals surface area contributed by atoms with Gasteiger partial charge in [0.25, 0.3) is 0 Å². The zero-order valence-electron chi connectivity index (χ0n) is 10.5. The highest BCUT2D eigenvalue weighted by Gasteiger charge is 2.42.